The predicted octanol–water partition coefficient (Wildman–Crippen LogP) is 2.91. The molecule has 1 aliphatic carbocycles. The first kappa shape index (κ1) is 12.4. The molecule has 1 fully saturated rings. The maximum atomic E-state index is 11.0. The van der Waals surface area contributed by atoms with Gasteiger partial charge in [-0.1, -0.05) is 6.07 Å². The van der Waals surface area contributed by atoms with Crippen molar-refractivity contribution in [1.82, 2.24) is 0 Å². The Morgan fingerprint density at radius 2 is 2.24 bits per heavy atom. The molecule has 0 bridgehead atoms. The van der Waals surface area contributed by atoms with Crippen molar-refractivity contribution in [2.24, 2.45) is 5.92 Å². The molecule has 0 aromatic heterocycles. The zero-order valence-corrected chi connectivity index (χ0v) is 10.8. The third-order valence-corrected chi connectivity index (χ3v) is 3.16. The Morgan fingerprint density at radius 1 is 1.47 bits per heavy atom. The molecular weight excluding hydrogens is 288 g/mol. The summed E-state index contributed by atoms with van der Waals surface area (Å²) < 4.78 is 11.3. The fraction of sp³-hybridized carbons (Fsp3) is 0.417. The highest BCUT2D eigenvalue weighted by atomic mass is 79.9. The van der Waals surface area contributed by atoms with Gasteiger partial charge in [0.15, 0.2) is 12.5 Å². The number of carboxylic acids is 1. The van der Waals surface area contributed by atoms with Crippen molar-refractivity contribution in [2.45, 2.75) is 12.8 Å². The minimum Gasteiger partial charge on any atom is -0.478 e. The Morgan fingerprint density at radius 3 is 2.88 bits per heavy atom. The highest BCUT2D eigenvalue weighted by Gasteiger charge is 2.21. The Hall–Kier alpha value is -1.07. The SMILES string of the molecule is O=C(O)c1cccc(Br)c1OCOCC1CC1. The molecular formula is C12H13BrO4. The Labute approximate surface area is 108 Å². The summed E-state index contributed by atoms with van der Waals surface area (Å²) in [6, 6.07) is 4.90. The number of carbonyl (C=O) groups is 1. The zero-order chi connectivity index (χ0) is 12.3. The van der Waals surface area contributed by atoms with E-state index in [2.05, 4.69) is 15.9 Å². The van der Waals surface area contributed by atoms with Crippen LogP contribution in [0.5, 0.6) is 5.75 Å². The standard InChI is InChI=1S/C12H13BrO4/c13-10-3-1-2-9(12(14)15)11(10)17-7-16-6-8-4-5-8/h1-3,8H,4-7H2,(H,14,15). The third kappa shape index (κ3) is 3.44. The summed E-state index contributed by atoms with van der Waals surface area (Å²) >= 11 is 3.26. The molecule has 4 nitrogen and oxygen atoms in total. The van der Waals surface area contributed by atoms with Gasteiger partial charge in [0.25, 0.3) is 0 Å². The van der Waals surface area contributed by atoms with Crippen LogP contribution in [-0.4, -0.2) is 24.5 Å². The molecule has 5 heteroatoms. The number of hydrogen-bond acceptors (Lipinski definition) is 3. The second-order valence-corrected chi connectivity index (χ2v) is 4.85. The molecule has 1 N–H and O–H groups in total. The summed E-state index contributed by atoms with van der Waals surface area (Å²) in [6.07, 6.45) is 2.44. The van der Waals surface area contributed by atoms with Gasteiger partial charge in [-0.2, -0.15) is 0 Å². The van der Waals surface area contributed by atoms with E-state index in [-0.39, 0.29) is 12.4 Å². The van der Waals surface area contributed by atoms with E-state index in [1.165, 1.54) is 18.9 Å². The summed E-state index contributed by atoms with van der Waals surface area (Å²) in [7, 11) is 0. The van der Waals surface area contributed by atoms with Crippen molar-refractivity contribution in [3.63, 3.8) is 0 Å². The van der Waals surface area contributed by atoms with Crippen LogP contribution in [-0.2, 0) is 4.74 Å². The highest BCUT2D eigenvalue weighted by molar-refractivity contribution is 9.10. The minimum atomic E-state index is -1.01. The average Bonchev–Trinajstić information content (AvgIpc) is 3.09. The predicted molar refractivity (Wildman–Crippen MR) is 65.3 cm³/mol. The number of hydrogen-bond donors (Lipinski definition) is 1. The van der Waals surface area contributed by atoms with Crippen LogP contribution in [0.3, 0.4) is 0 Å². The van der Waals surface area contributed by atoms with Gasteiger partial charge >= 0.3 is 5.97 Å². The number of para-hydroxylation sites is 1. The maximum Gasteiger partial charge on any atom is 0.339 e. The number of carboxylic acid groups (broad SMARTS) is 1. The molecule has 0 saturated heterocycles. The van der Waals surface area contributed by atoms with Crippen LogP contribution >= 0.6 is 15.9 Å². The van der Waals surface area contributed by atoms with Crippen molar-refractivity contribution >= 4 is 21.9 Å². The van der Waals surface area contributed by atoms with E-state index < -0.39 is 5.97 Å². The second kappa shape index (κ2) is 5.51. The van der Waals surface area contributed by atoms with Gasteiger partial charge in [0.05, 0.1) is 11.1 Å². The zero-order valence-electron chi connectivity index (χ0n) is 9.19. The lowest BCUT2D eigenvalue weighted by Crippen LogP contribution is -2.09. The summed E-state index contributed by atoms with van der Waals surface area (Å²) in [4.78, 5) is 11.0. The van der Waals surface area contributed by atoms with E-state index in [0.29, 0.717) is 22.7 Å². The van der Waals surface area contributed by atoms with E-state index in [1.807, 2.05) is 0 Å². The molecule has 1 aliphatic rings. The number of aromatic carboxylic acids is 1. The number of rotatable bonds is 6. The second-order valence-electron chi connectivity index (χ2n) is 4.00. The van der Waals surface area contributed by atoms with Crippen LogP contribution in [0.1, 0.15) is 23.2 Å². The third-order valence-electron chi connectivity index (χ3n) is 2.53. The van der Waals surface area contributed by atoms with Crippen molar-refractivity contribution in [3.05, 3.63) is 28.2 Å². The van der Waals surface area contributed by atoms with Crippen LogP contribution in [0, 0.1) is 5.92 Å². The molecule has 1 aromatic rings. The fourth-order valence-electron chi connectivity index (χ4n) is 1.42. The van der Waals surface area contributed by atoms with Crippen molar-refractivity contribution in [1.29, 1.82) is 0 Å². The molecule has 2 rings (SSSR count). The molecule has 17 heavy (non-hydrogen) atoms. The highest BCUT2D eigenvalue weighted by Crippen LogP contribution is 2.30. The molecule has 0 unspecified atom stereocenters. The molecule has 92 valence electrons. The largest absolute Gasteiger partial charge is 0.478 e. The first-order chi connectivity index (χ1) is 8.18. The Bertz CT molecular complexity index is 415. The molecule has 0 heterocycles. The smallest absolute Gasteiger partial charge is 0.339 e. The number of ether oxygens (including phenoxy) is 2. The molecule has 1 saturated carbocycles. The van der Waals surface area contributed by atoms with Gasteiger partial charge in [0.1, 0.15) is 5.56 Å². The first-order valence-corrected chi connectivity index (χ1v) is 6.20. The Balaban J connectivity index is 1.94. The molecule has 0 radical (unpaired) electrons. The van der Waals surface area contributed by atoms with E-state index in [0.717, 1.165) is 0 Å². The topological polar surface area (TPSA) is 55.8 Å². The van der Waals surface area contributed by atoms with E-state index in [4.69, 9.17) is 14.6 Å². The monoisotopic (exact) mass is 300 g/mol. The van der Waals surface area contributed by atoms with Crippen molar-refractivity contribution in [2.75, 3.05) is 13.4 Å². The number of benzene rings is 1. The van der Waals surface area contributed by atoms with E-state index in [9.17, 15) is 4.79 Å². The van der Waals surface area contributed by atoms with Gasteiger partial charge in [0, 0.05) is 0 Å². The van der Waals surface area contributed by atoms with Gasteiger partial charge in [0.2, 0.25) is 0 Å². The van der Waals surface area contributed by atoms with Gasteiger partial charge in [-0.3, -0.25) is 0 Å². The van der Waals surface area contributed by atoms with Crippen LogP contribution in [0.4, 0.5) is 0 Å². The maximum absolute atomic E-state index is 11.0. The number of halogens is 1. The first-order valence-electron chi connectivity index (χ1n) is 5.41. The average molecular weight is 301 g/mol. The summed E-state index contributed by atoms with van der Waals surface area (Å²) in [6.45, 7) is 0.770. The van der Waals surface area contributed by atoms with E-state index in [1.54, 1.807) is 12.1 Å². The lowest BCUT2D eigenvalue weighted by Gasteiger charge is -2.11. The molecule has 0 atom stereocenters. The van der Waals surface area contributed by atoms with Gasteiger partial charge in [-0.25, -0.2) is 4.79 Å². The fourth-order valence-corrected chi connectivity index (χ4v) is 1.90. The van der Waals surface area contributed by atoms with Crippen LogP contribution < -0.4 is 4.74 Å². The lowest BCUT2D eigenvalue weighted by molar-refractivity contribution is 0.00877. The van der Waals surface area contributed by atoms with Crippen molar-refractivity contribution in [3.8, 4) is 5.75 Å². The van der Waals surface area contributed by atoms with Crippen LogP contribution in [0.15, 0.2) is 22.7 Å². The van der Waals surface area contributed by atoms with Gasteiger partial charge < -0.3 is 14.6 Å². The molecule has 0 aliphatic heterocycles. The summed E-state index contributed by atoms with van der Waals surface area (Å²) in [5.41, 5.74) is 0.134. The summed E-state index contributed by atoms with van der Waals surface area (Å²) in [5.74, 6) is -0.0314. The van der Waals surface area contributed by atoms with E-state index >= 15 is 0 Å². The Kier molecular flexibility index (Phi) is 4.02. The van der Waals surface area contributed by atoms with Gasteiger partial charge in [-0.05, 0) is 46.8 Å². The van der Waals surface area contributed by atoms with Crippen LogP contribution in [0.25, 0.3) is 0 Å². The lowest BCUT2D eigenvalue weighted by atomic mass is 10.2. The quantitative estimate of drug-likeness (QED) is 0.648. The summed E-state index contributed by atoms with van der Waals surface area (Å²) in [5, 5.41) is 9.00. The molecule has 0 spiro atoms. The van der Waals surface area contributed by atoms with Gasteiger partial charge in [-0.15, -0.1) is 0 Å². The van der Waals surface area contributed by atoms with Crippen LogP contribution in [0.2, 0.25) is 0 Å². The van der Waals surface area contributed by atoms with Crippen molar-refractivity contribution < 1.29 is 19.4 Å². The normalized spacial score (nSPS) is 14.6. The minimum absolute atomic E-state index is 0.0827. The molecule has 1 aromatic carbocycles. The molecule has 0 amide bonds.